The SMILES string of the molecule is CCCCCCCCC(CCCCCCCC)COC(=O)CCCCCN(CCO)CCN(CCCCCC(C)=O)C1CCC1. The molecule has 0 spiro atoms. The lowest BCUT2D eigenvalue weighted by atomic mass is 9.91. The van der Waals surface area contributed by atoms with Crippen molar-refractivity contribution in [3.05, 3.63) is 0 Å². The summed E-state index contributed by atoms with van der Waals surface area (Å²) in [7, 11) is 0. The molecule has 0 aliphatic heterocycles. The van der Waals surface area contributed by atoms with Crippen molar-refractivity contribution in [3.8, 4) is 0 Å². The van der Waals surface area contributed by atoms with Gasteiger partial charge in [-0.25, -0.2) is 0 Å². The van der Waals surface area contributed by atoms with E-state index in [0.717, 1.165) is 70.9 Å². The normalized spacial score (nSPS) is 13.7. The van der Waals surface area contributed by atoms with Crippen molar-refractivity contribution in [1.82, 2.24) is 9.80 Å². The van der Waals surface area contributed by atoms with E-state index >= 15 is 0 Å². The number of ether oxygens (including phenoxy) is 1. The van der Waals surface area contributed by atoms with Gasteiger partial charge in [-0.15, -0.1) is 0 Å². The highest BCUT2D eigenvalue weighted by molar-refractivity contribution is 5.75. The zero-order valence-electron chi connectivity index (χ0n) is 30.3. The van der Waals surface area contributed by atoms with Crippen molar-refractivity contribution >= 4 is 11.8 Å². The van der Waals surface area contributed by atoms with Crippen LogP contribution < -0.4 is 0 Å². The molecule has 1 N–H and O–H groups in total. The molecule has 0 aromatic heterocycles. The van der Waals surface area contributed by atoms with Gasteiger partial charge in [0, 0.05) is 38.5 Å². The van der Waals surface area contributed by atoms with Crippen LogP contribution in [0.3, 0.4) is 0 Å². The lowest BCUT2D eigenvalue weighted by Gasteiger charge is -2.39. The van der Waals surface area contributed by atoms with E-state index in [1.807, 2.05) is 0 Å². The molecule has 1 fully saturated rings. The summed E-state index contributed by atoms with van der Waals surface area (Å²) >= 11 is 0. The minimum atomic E-state index is -0.0162. The Morgan fingerprint density at radius 2 is 1.22 bits per heavy atom. The average molecular weight is 637 g/mol. The second-order valence-electron chi connectivity index (χ2n) is 14.2. The van der Waals surface area contributed by atoms with Gasteiger partial charge in [-0.3, -0.25) is 14.6 Å². The van der Waals surface area contributed by atoms with Crippen LogP contribution in [-0.4, -0.2) is 78.6 Å². The van der Waals surface area contributed by atoms with Gasteiger partial charge in [-0.2, -0.15) is 0 Å². The summed E-state index contributed by atoms with van der Waals surface area (Å²) in [6, 6.07) is 0.719. The molecule has 0 saturated heterocycles. The fourth-order valence-corrected chi connectivity index (χ4v) is 6.64. The molecule has 0 atom stereocenters. The van der Waals surface area contributed by atoms with Crippen LogP contribution in [0.2, 0.25) is 0 Å². The van der Waals surface area contributed by atoms with Gasteiger partial charge in [0.15, 0.2) is 0 Å². The van der Waals surface area contributed by atoms with Gasteiger partial charge in [0.1, 0.15) is 5.78 Å². The van der Waals surface area contributed by atoms with E-state index in [-0.39, 0.29) is 12.6 Å². The van der Waals surface area contributed by atoms with Crippen LogP contribution in [0.15, 0.2) is 0 Å². The summed E-state index contributed by atoms with van der Waals surface area (Å²) in [6.45, 7) is 11.9. The van der Waals surface area contributed by atoms with Gasteiger partial charge < -0.3 is 14.6 Å². The first kappa shape index (κ1) is 42.0. The van der Waals surface area contributed by atoms with Gasteiger partial charge in [0.25, 0.3) is 0 Å². The second-order valence-corrected chi connectivity index (χ2v) is 14.2. The van der Waals surface area contributed by atoms with E-state index in [0.29, 0.717) is 31.1 Å². The number of unbranched alkanes of at least 4 members (excludes halogenated alkanes) is 14. The maximum absolute atomic E-state index is 12.6. The maximum atomic E-state index is 12.6. The number of ketones is 1. The van der Waals surface area contributed by atoms with Gasteiger partial charge >= 0.3 is 5.97 Å². The molecule has 1 aliphatic carbocycles. The highest BCUT2D eigenvalue weighted by Gasteiger charge is 2.24. The van der Waals surface area contributed by atoms with Gasteiger partial charge in [0.05, 0.1) is 13.2 Å². The van der Waals surface area contributed by atoms with Gasteiger partial charge in [-0.1, -0.05) is 110 Å². The van der Waals surface area contributed by atoms with Crippen molar-refractivity contribution in [2.45, 2.75) is 187 Å². The Morgan fingerprint density at radius 3 is 1.78 bits per heavy atom. The Morgan fingerprint density at radius 1 is 0.667 bits per heavy atom. The smallest absolute Gasteiger partial charge is 0.305 e. The van der Waals surface area contributed by atoms with E-state index < -0.39 is 0 Å². The molecule has 1 aliphatic rings. The zero-order chi connectivity index (χ0) is 32.8. The first-order chi connectivity index (χ1) is 22.0. The predicted octanol–water partition coefficient (Wildman–Crippen LogP) is 9.51. The quantitative estimate of drug-likeness (QED) is 0.0560. The fourth-order valence-electron chi connectivity index (χ4n) is 6.64. The number of esters is 1. The lowest BCUT2D eigenvalue weighted by Crippen LogP contribution is -2.45. The van der Waals surface area contributed by atoms with Crippen molar-refractivity contribution in [2.75, 3.05) is 45.9 Å². The van der Waals surface area contributed by atoms with Crippen molar-refractivity contribution in [1.29, 1.82) is 0 Å². The molecule has 6 nitrogen and oxygen atoms in total. The second kappa shape index (κ2) is 30.4. The Bertz CT molecular complexity index is 668. The highest BCUT2D eigenvalue weighted by Crippen LogP contribution is 2.25. The highest BCUT2D eigenvalue weighted by atomic mass is 16.5. The van der Waals surface area contributed by atoms with E-state index in [1.54, 1.807) is 6.92 Å². The molecule has 266 valence electrons. The summed E-state index contributed by atoms with van der Waals surface area (Å²) in [5.41, 5.74) is 0. The third-order valence-corrected chi connectivity index (χ3v) is 9.95. The first-order valence-electron chi connectivity index (χ1n) is 19.7. The van der Waals surface area contributed by atoms with E-state index in [4.69, 9.17) is 4.74 Å². The number of carbonyl (C=O) groups is 2. The molecule has 0 heterocycles. The number of carbonyl (C=O) groups excluding carboxylic acids is 2. The summed E-state index contributed by atoms with van der Waals surface area (Å²) in [5.74, 6) is 0.810. The van der Waals surface area contributed by atoms with Gasteiger partial charge in [-0.05, 0) is 77.3 Å². The molecule has 0 radical (unpaired) electrons. The lowest BCUT2D eigenvalue weighted by molar-refractivity contribution is -0.145. The number of aliphatic hydroxyl groups is 1. The van der Waals surface area contributed by atoms with Crippen LogP contribution in [-0.2, 0) is 14.3 Å². The molecule has 0 unspecified atom stereocenters. The first-order valence-corrected chi connectivity index (χ1v) is 19.7. The molecule has 1 rings (SSSR count). The minimum Gasteiger partial charge on any atom is -0.465 e. The molecule has 0 aromatic carbocycles. The van der Waals surface area contributed by atoms with Crippen LogP contribution in [0.1, 0.15) is 181 Å². The van der Waals surface area contributed by atoms with Gasteiger partial charge in [0.2, 0.25) is 0 Å². The summed E-state index contributed by atoms with van der Waals surface area (Å²) < 4.78 is 5.82. The predicted molar refractivity (Wildman–Crippen MR) is 191 cm³/mol. The maximum Gasteiger partial charge on any atom is 0.305 e. The summed E-state index contributed by atoms with van der Waals surface area (Å²) in [6.07, 6.45) is 29.7. The Balaban J connectivity index is 2.29. The average Bonchev–Trinajstić information content (AvgIpc) is 2.99. The largest absolute Gasteiger partial charge is 0.465 e. The van der Waals surface area contributed by atoms with Crippen LogP contribution >= 0.6 is 0 Å². The number of rotatable bonds is 34. The Labute approximate surface area is 279 Å². The third kappa shape index (κ3) is 24.8. The standard InChI is InChI=1S/C39H76N2O4/c1-4-6-8-10-12-17-24-37(25-18-13-11-9-7-5-2)35-45-39(44)28-19-15-20-29-40(33-34-42)31-32-41(38-26-22-27-38)30-21-14-16-23-36(3)43/h37-38,42H,4-35H2,1-3H3. The number of hydrogen-bond acceptors (Lipinski definition) is 6. The van der Waals surface area contributed by atoms with Crippen LogP contribution in [0.5, 0.6) is 0 Å². The number of Topliss-reactive ketones (excluding diaryl/α,β-unsaturated/α-hetero) is 1. The molecule has 0 amide bonds. The summed E-state index contributed by atoms with van der Waals surface area (Å²) in [4.78, 5) is 28.9. The minimum absolute atomic E-state index is 0.0162. The van der Waals surface area contributed by atoms with Crippen molar-refractivity contribution in [3.63, 3.8) is 0 Å². The third-order valence-electron chi connectivity index (χ3n) is 9.95. The van der Waals surface area contributed by atoms with E-state index in [9.17, 15) is 14.7 Å². The van der Waals surface area contributed by atoms with E-state index in [2.05, 4.69) is 23.6 Å². The van der Waals surface area contributed by atoms with Crippen LogP contribution in [0, 0.1) is 5.92 Å². The number of aliphatic hydroxyl groups excluding tert-OH is 1. The molecule has 0 bridgehead atoms. The number of nitrogens with zero attached hydrogens (tertiary/aromatic N) is 2. The Kier molecular flexibility index (Phi) is 28.4. The van der Waals surface area contributed by atoms with Crippen molar-refractivity contribution < 1.29 is 19.4 Å². The molecule has 0 aromatic rings. The summed E-state index contributed by atoms with van der Waals surface area (Å²) in [5, 5.41) is 9.65. The Hall–Kier alpha value is -0.980. The molecule has 6 heteroatoms. The molecule has 1 saturated carbocycles. The zero-order valence-corrected chi connectivity index (χ0v) is 30.3. The molecular formula is C39H76N2O4. The number of hydrogen-bond donors (Lipinski definition) is 1. The molecule has 45 heavy (non-hydrogen) atoms. The topological polar surface area (TPSA) is 70.1 Å². The van der Waals surface area contributed by atoms with Crippen molar-refractivity contribution in [2.24, 2.45) is 5.92 Å². The fraction of sp³-hybridized carbons (Fsp3) is 0.949. The monoisotopic (exact) mass is 637 g/mol. The van der Waals surface area contributed by atoms with E-state index in [1.165, 1.54) is 116 Å². The van der Waals surface area contributed by atoms with Crippen LogP contribution in [0.25, 0.3) is 0 Å². The van der Waals surface area contributed by atoms with Crippen LogP contribution in [0.4, 0.5) is 0 Å². The molecular weight excluding hydrogens is 560 g/mol.